The van der Waals surface area contributed by atoms with Crippen molar-refractivity contribution in [2.45, 2.75) is 0 Å². The molecule has 0 atom stereocenters. The Kier molecular flexibility index (Phi) is 4.00. The predicted octanol–water partition coefficient (Wildman–Crippen LogP) is 3.38. The molecule has 100 valence electrons. The van der Waals surface area contributed by atoms with E-state index in [9.17, 15) is 9.59 Å². The number of nitrogens with one attached hydrogen (secondary N) is 2. The summed E-state index contributed by atoms with van der Waals surface area (Å²) < 4.78 is 0.199. The van der Waals surface area contributed by atoms with Crippen LogP contribution < -0.4 is 5.32 Å². The van der Waals surface area contributed by atoms with Crippen LogP contribution in [0.3, 0.4) is 0 Å². The van der Waals surface area contributed by atoms with E-state index in [4.69, 9.17) is 39.9 Å². The third-order valence-corrected chi connectivity index (χ3v) is 4.58. The van der Waals surface area contributed by atoms with E-state index in [-0.39, 0.29) is 30.8 Å². The number of aromatic nitrogens is 2. The molecule has 0 aliphatic rings. The number of thiophene rings is 1. The second-order valence-electron chi connectivity index (χ2n) is 3.26. The topological polar surface area (TPSA) is 95.1 Å². The number of halogens is 3. The maximum atomic E-state index is 11.9. The number of carbonyl (C=O) groups is 2. The minimum atomic E-state index is -1.19. The number of rotatable bonds is 3. The van der Waals surface area contributed by atoms with Gasteiger partial charge in [-0.2, -0.15) is 5.10 Å². The Balaban J connectivity index is 2.20. The molecular formula is C9H4Cl3N3O3S. The Morgan fingerprint density at radius 1 is 1.32 bits per heavy atom. The van der Waals surface area contributed by atoms with Gasteiger partial charge >= 0.3 is 5.97 Å². The molecule has 19 heavy (non-hydrogen) atoms. The van der Waals surface area contributed by atoms with Crippen molar-refractivity contribution in [1.29, 1.82) is 0 Å². The Bertz CT molecular complexity index is 667. The van der Waals surface area contributed by atoms with Crippen molar-refractivity contribution in [3.63, 3.8) is 0 Å². The summed E-state index contributed by atoms with van der Waals surface area (Å²) in [6.45, 7) is 0. The third kappa shape index (κ3) is 2.84. The Labute approximate surface area is 125 Å². The normalized spacial score (nSPS) is 10.5. The molecule has 0 aliphatic heterocycles. The van der Waals surface area contributed by atoms with Gasteiger partial charge in [-0.05, 0) is 0 Å². The molecule has 0 fully saturated rings. The average molecular weight is 341 g/mol. The van der Waals surface area contributed by atoms with Crippen LogP contribution in [0.5, 0.6) is 0 Å². The fourth-order valence-electron chi connectivity index (χ4n) is 1.18. The highest BCUT2D eigenvalue weighted by Crippen LogP contribution is 2.40. The Morgan fingerprint density at radius 2 is 2.00 bits per heavy atom. The third-order valence-electron chi connectivity index (χ3n) is 2.01. The molecule has 0 saturated carbocycles. The average Bonchev–Trinajstić information content (AvgIpc) is 2.90. The van der Waals surface area contributed by atoms with E-state index >= 15 is 0 Å². The van der Waals surface area contributed by atoms with E-state index in [1.807, 2.05) is 0 Å². The van der Waals surface area contributed by atoms with Gasteiger partial charge in [-0.3, -0.25) is 9.89 Å². The van der Waals surface area contributed by atoms with Crippen molar-refractivity contribution in [2.24, 2.45) is 0 Å². The monoisotopic (exact) mass is 339 g/mol. The number of hydrogen-bond donors (Lipinski definition) is 3. The van der Waals surface area contributed by atoms with Gasteiger partial charge in [-0.15, -0.1) is 11.3 Å². The molecule has 0 bridgehead atoms. The lowest BCUT2D eigenvalue weighted by Crippen LogP contribution is -2.10. The van der Waals surface area contributed by atoms with Crippen LogP contribution in [-0.2, 0) is 0 Å². The summed E-state index contributed by atoms with van der Waals surface area (Å²) in [5.41, 5.74) is -0.149. The Hall–Kier alpha value is -1.28. The van der Waals surface area contributed by atoms with Crippen molar-refractivity contribution in [2.75, 3.05) is 5.32 Å². The summed E-state index contributed by atoms with van der Waals surface area (Å²) in [6, 6.07) is 1.17. The number of hydrogen-bond acceptors (Lipinski definition) is 4. The van der Waals surface area contributed by atoms with Crippen LogP contribution in [0.2, 0.25) is 14.4 Å². The molecule has 10 heteroatoms. The molecule has 2 aromatic rings. The van der Waals surface area contributed by atoms with Crippen LogP contribution in [0.4, 0.5) is 5.82 Å². The molecule has 6 nitrogen and oxygen atoms in total. The highest BCUT2D eigenvalue weighted by molar-refractivity contribution is 7.19. The summed E-state index contributed by atoms with van der Waals surface area (Å²) in [5.74, 6) is -1.71. The van der Waals surface area contributed by atoms with Crippen LogP contribution in [-0.4, -0.2) is 27.2 Å². The van der Waals surface area contributed by atoms with E-state index in [0.717, 1.165) is 11.3 Å². The zero-order valence-electron chi connectivity index (χ0n) is 8.83. The second-order valence-corrected chi connectivity index (χ2v) is 5.64. The van der Waals surface area contributed by atoms with Gasteiger partial charge in [0.2, 0.25) is 0 Å². The van der Waals surface area contributed by atoms with Crippen LogP contribution in [0, 0.1) is 0 Å². The first-order valence-electron chi connectivity index (χ1n) is 4.63. The van der Waals surface area contributed by atoms with E-state index in [1.165, 1.54) is 6.07 Å². The second kappa shape index (κ2) is 5.38. The maximum Gasteiger partial charge on any atom is 0.353 e. The smallest absolute Gasteiger partial charge is 0.353 e. The van der Waals surface area contributed by atoms with E-state index in [0.29, 0.717) is 0 Å². The molecule has 0 radical (unpaired) electrons. The lowest BCUT2D eigenvalue weighted by molar-refractivity contribution is 0.0690. The van der Waals surface area contributed by atoms with Gasteiger partial charge in [0, 0.05) is 6.07 Å². The number of carbonyl (C=O) groups excluding carboxylic acids is 1. The highest BCUT2D eigenvalue weighted by Gasteiger charge is 2.20. The summed E-state index contributed by atoms with van der Waals surface area (Å²) in [6.07, 6.45) is 0. The van der Waals surface area contributed by atoms with Gasteiger partial charge in [0.25, 0.3) is 5.91 Å². The molecule has 0 aromatic carbocycles. The molecule has 0 saturated heterocycles. The molecule has 1 amide bonds. The first-order valence-corrected chi connectivity index (χ1v) is 6.58. The number of carboxylic acid groups (broad SMARTS) is 1. The zero-order valence-corrected chi connectivity index (χ0v) is 11.9. The highest BCUT2D eigenvalue weighted by atomic mass is 35.5. The summed E-state index contributed by atoms with van der Waals surface area (Å²) in [5, 5.41) is 17.1. The number of nitrogens with zero attached hydrogens (tertiary/aromatic N) is 1. The largest absolute Gasteiger partial charge is 0.477 e. The summed E-state index contributed by atoms with van der Waals surface area (Å²) in [4.78, 5) is 22.6. The van der Waals surface area contributed by atoms with Crippen LogP contribution in [0.25, 0.3) is 0 Å². The van der Waals surface area contributed by atoms with Crippen LogP contribution >= 0.6 is 46.1 Å². The van der Waals surface area contributed by atoms with Crippen molar-refractivity contribution in [1.82, 2.24) is 10.2 Å². The van der Waals surface area contributed by atoms with Crippen LogP contribution in [0.1, 0.15) is 20.2 Å². The maximum absolute atomic E-state index is 11.9. The first kappa shape index (κ1) is 14.1. The number of anilines is 1. The molecule has 2 aromatic heterocycles. The standard InChI is InChI=1S/C9H4Cl3N3O3S/c10-4-5(11)7(12)19-6(4)8(16)13-3-1-2(9(17)18)14-15-3/h1H,(H,17,18)(H2,13,14,15,16). The molecule has 3 N–H and O–H groups in total. The van der Waals surface area contributed by atoms with Gasteiger partial charge in [0.05, 0.1) is 10.0 Å². The van der Waals surface area contributed by atoms with Gasteiger partial charge < -0.3 is 10.4 Å². The molecule has 2 heterocycles. The van der Waals surface area contributed by atoms with Crippen molar-refractivity contribution in [3.8, 4) is 0 Å². The molecule has 0 aliphatic carbocycles. The quantitative estimate of drug-likeness (QED) is 0.798. The predicted molar refractivity (Wildman–Crippen MR) is 72.8 cm³/mol. The molecule has 2 rings (SSSR count). The van der Waals surface area contributed by atoms with Gasteiger partial charge in [0.1, 0.15) is 14.9 Å². The van der Waals surface area contributed by atoms with Gasteiger partial charge in [0.15, 0.2) is 5.82 Å². The number of aromatic amines is 1. The Morgan fingerprint density at radius 3 is 2.47 bits per heavy atom. The lowest BCUT2D eigenvalue weighted by Gasteiger charge is -1.98. The number of H-pyrrole nitrogens is 1. The SMILES string of the molecule is O=C(O)c1cc(NC(=O)c2sc(Cl)c(Cl)c2Cl)n[nH]1. The molecule has 0 unspecified atom stereocenters. The minimum Gasteiger partial charge on any atom is -0.477 e. The van der Waals surface area contributed by atoms with Crippen molar-refractivity contribution >= 4 is 63.8 Å². The number of aromatic carboxylic acids is 1. The first-order chi connectivity index (χ1) is 8.90. The zero-order chi connectivity index (χ0) is 14.2. The summed E-state index contributed by atoms with van der Waals surface area (Å²) in [7, 11) is 0. The van der Waals surface area contributed by atoms with E-state index < -0.39 is 11.9 Å². The van der Waals surface area contributed by atoms with Gasteiger partial charge in [-0.1, -0.05) is 34.8 Å². The molecule has 0 spiro atoms. The fraction of sp³-hybridized carbons (Fsp3) is 0. The van der Waals surface area contributed by atoms with Crippen LogP contribution in [0.15, 0.2) is 6.07 Å². The molecular weight excluding hydrogens is 337 g/mol. The number of amides is 1. The van der Waals surface area contributed by atoms with E-state index in [2.05, 4.69) is 15.5 Å². The van der Waals surface area contributed by atoms with E-state index in [1.54, 1.807) is 0 Å². The lowest BCUT2D eigenvalue weighted by atomic mass is 10.4. The minimum absolute atomic E-state index is 0.0446. The fourth-order valence-corrected chi connectivity index (χ4v) is 2.88. The van der Waals surface area contributed by atoms with Gasteiger partial charge in [-0.25, -0.2) is 4.79 Å². The number of carboxylic acids is 1. The van der Waals surface area contributed by atoms with Crippen molar-refractivity contribution in [3.05, 3.63) is 31.0 Å². The summed E-state index contributed by atoms with van der Waals surface area (Å²) >= 11 is 18.3. The van der Waals surface area contributed by atoms with Crippen molar-refractivity contribution < 1.29 is 14.7 Å².